The normalized spacial score (nSPS) is 20.1. The maximum absolute atomic E-state index is 11.5. The van der Waals surface area contributed by atoms with Gasteiger partial charge >= 0.3 is 6.09 Å². The fourth-order valence-corrected chi connectivity index (χ4v) is 1.96. The van der Waals surface area contributed by atoms with Crippen LogP contribution in [0.15, 0.2) is 42.2 Å². The lowest BCUT2D eigenvalue weighted by atomic mass is 10.2. The molecule has 1 heterocycles. The number of carbonyl (C=O) groups is 1. The highest BCUT2D eigenvalue weighted by Crippen LogP contribution is 2.21. The molecule has 0 aromatic heterocycles. The molecule has 1 atom stereocenters. The Morgan fingerprint density at radius 1 is 1.47 bits per heavy atom. The number of benzene rings is 1. The summed E-state index contributed by atoms with van der Waals surface area (Å²) in [6.45, 7) is 2.74. The van der Waals surface area contributed by atoms with Gasteiger partial charge in [0.2, 0.25) is 0 Å². The first kappa shape index (κ1) is 13.5. The second-order valence-electron chi connectivity index (χ2n) is 4.48. The molecule has 0 saturated carbocycles. The van der Waals surface area contributed by atoms with E-state index in [9.17, 15) is 4.79 Å². The summed E-state index contributed by atoms with van der Waals surface area (Å²) in [6.07, 6.45) is 3.52. The van der Waals surface area contributed by atoms with Gasteiger partial charge in [-0.1, -0.05) is 30.3 Å². The molecule has 1 N–H and O–H groups in total. The zero-order valence-corrected chi connectivity index (χ0v) is 11.1. The minimum Gasteiger partial charge on any atom is -0.493 e. The van der Waals surface area contributed by atoms with Gasteiger partial charge in [-0.25, -0.2) is 4.79 Å². The molecule has 1 aliphatic rings. The third-order valence-electron chi connectivity index (χ3n) is 3.04. The van der Waals surface area contributed by atoms with E-state index in [1.165, 1.54) is 0 Å². The van der Waals surface area contributed by atoms with Crippen LogP contribution in [0.3, 0.4) is 0 Å². The molecular weight excluding hydrogens is 242 g/mol. The van der Waals surface area contributed by atoms with E-state index in [1.54, 1.807) is 0 Å². The van der Waals surface area contributed by atoms with E-state index in [1.807, 2.05) is 43.3 Å². The Bertz CT molecular complexity index is 442. The number of allylic oxidation sites excluding steroid dienone is 2. The Morgan fingerprint density at radius 2 is 2.26 bits per heavy atom. The van der Waals surface area contributed by atoms with Crippen molar-refractivity contribution < 1.29 is 14.3 Å². The maximum Gasteiger partial charge on any atom is 0.407 e. The summed E-state index contributed by atoms with van der Waals surface area (Å²) < 4.78 is 10.7. The van der Waals surface area contributed by atoms with Crippen molar-refractivity contribution in [2.75, 3.05) is 6.54 Å². The highest BCUT2D eigenvalue weighted by atomic mass is 16.5. The Hall–Kier alpha value is -1.97. The third-order valence-corrected chi connectivity index (χ3v) is 3.04. The van der Waals surface area contributed by atoms with Crippen LogP contribution in [0, 0.1) is 0 Å². The second-order valence-corrected chi connectivity index (χ2v) is 4.48. The molecule has 0 radical (unpaired) electrons. The van der Waals surface area contributed by atoms with E-state index in [0.29, 0.717) is 6.54 Å². The molecule has 2 rings (SSSR count). The number of rotatable bonds is 4. The zero-order valence-electron chi connectivity index (χ0n) is 11.1. The Morgan fingerprint density at radius 3 is 2.95 bits per heavy atom. The minimum absolute atomic E-state index is 0.0653. The van der Waals surface area contributed by atoms with Crippen molar-refractivity contribution in [3.8, 4) is 0 Å². The number of carbonyl (C=O) groups excluding carboxylic acids is 1. The standard InChI is InChI=1S/C15H19NO3/c1-2-13-8-9-14(19-13)10-16-15(17)18-11-12-6-4-3-5-7-12/h2-7,14H,8-11H2,1H3,(H,16,17)/b13-2-. The molecule has 1 aromatic rings. The minimum atomic E-state index is -0.401. The van der Waals surface area contributed by atoms with Crippen molar-refractivity contribution >= 4 is 6.09 Å². The van der Waals surface area contributed by atoms with Crippen LogP contribution in [-0.2, 0) is 16.1 Å². The first-order valence-corrected chi connectivity index (χ1v) is 6.54. The number of hydrogen-bond donors (Lipinski definition) is 1. The number of hydrogen-bond acceptors (Lipinski definition) is 3. The van der Waals surface area contributed by atoms with E-state index < -0.39 is 6.09 Å². The van der Waals surface area contributed by atoms with E-state index in [4.69, 9.17) is 9.47 Å². The molecule has 0 spiro atoms. The van der Waals surface area contributed by atoms with E-state index in [2.05, 4.69) is 5.32 Å². The van der Waals surface area contributed by atoms with Crippen molar-refractivity contribution in [1.29, 1.82) is 0 Å². The molecule has 102 valence electrons. The number of amides is 1. The lowest BCUT2D eigenvalue weighted by molar-refractivity contribution is 0.123. The molecule has 1 aliphatic heterocycles. The summed E-state index contributed by atoms with van der Waals surface area (Å²) in [6, 6.07) is 9.61. The number of ether oxygens (including phenoxy) is 2. The van der Waals surface area contributed by atoms with Crippen LogP contribution >= 0.6 is 0 Å². The van der Waals surface area contributed by atoms with Crippen LogP contribution in [0.2, 0.25) is 0 Å². The monoisotopic (exact) mass is 261 g/mol. The summed E-state index contributed by atoms with van der Waals surface area (Å²) in [5, 5.41) is 2.73. The van der Waals surface area contributed by atoms with Gasteiger partial charge in [0.05, 0.1) is 12.3 Å². The third kappa shape index (κ3) is 4.32. The maximum atomic E-state index is 11.5. The molecule has 19 heavy (non-hydrogen) atoms. The lowest BCUT2D eigenvalue weighted by Crippen LogP contribution is -2.32. The highest BCUT2D eigenvalue weighted by molar-refractivity contribution is 5.67. The van der Waals surface area contributed by atoms with Gasteiger partial charge < -0.3 is 14.8 Å². The van der Waals surface area contributed by atoms with Crippen LogP contribution in [0.4, 0.5) is 4.79 Å². The van der Waals surface area contributed by atoms with Gasteiger partial charge in [0.1, 0.15) is 12.7 Å². The van der Waals surface area contributed by atoms with Gasteiger partial charge in [0.25, 0.3) is 0 Å². The summed E-state index contributed by atoms with van der Waals surface area (Å²) in [7, 11) is 0. The van der Waals surface area contributed by atoms with Crippen molar-refractivity contribution in [3.63, 3.8) is 0 Å². The highest BCUT2D eigenvalue weighted by Gasteiger charge is 2.20. The van der Waals surface area contributed by atoms with Crippen LogP contribution in [0.5, 0.6) is 0 Å². The average Bonchev–Trinajstić information content (AvgIpc) is 2.92. The van der Waals surface area contributed by atoms with Crippen molar-refractivity contribution in [2.24, 2.45) is 0 Å². The lowest BCUT2D eigenvalue weighted by Gasteiger charge is -2.12. The largest absolute Gasteiger partial charge is 0.493 e. The molecule has 1 amide bonds. The molecule has 4 heteroatoms. The van der Waals surface area contributed by atoms with Gasteiger partial charge in [-0.2, -0.15) is 0 Å². The topological polar surface area (TPSA) is 47.6 Å². The molecule has 0 aliphatic carbocycles. The van der Waals surface area contributed by atoms with E-state index in [0.717, 1.165) is 24.2 Å². The van der Waals surface area contributed by atoms with Crippen molar-refractivity contribution in [2.45, 2.75) is 32.5 Å². The first-order valence-electron chi connectivity index (χ1n) is 6.54. The van der Waals surface area contributed by atoms with Crippen molar-refractivity contribution in [3.05, 3.63) is 47.7 Å². The van der Waals surface area contributed by atoms with E-state index in [-0.39, 0.29) is 12.7 Å². The Labute approximate surface area is 113 Å². The summed E-state index contributed by atoms with van der Waals surface area (Å²) in [5.41, 5.74) is 0.978. The quantitative estimate of drug-likeness (QED) is 0.906. The smallest absolute Gasteiger partial charge is 0.407 e. The molecular formula is C15H19NO3. The molecule has 0 bridgehead atoms. The van der Waals surface area contributed by atoms with Gasteiger partial charge in [0, 0.05) is 6.42 Å². The Kier molecular flexibility index (Phi) is 4.84. The summed E-state index contributed by atoms with van der Waals surface area (Å²) >= 11 is 0. The first-order chi connectivity index (χ1) is 9.28. The summed E-state index contributed by atoms with van der Waals surface area (Å²) in [5.74, 6) is 1.00. The van der Waals surface area contributed by atoms with Gasteiger partial charge in [-0.3, -0.25) is 0 Å². The SMILES string of the molecule is C/C=C1/CCC(CNC(=O)OCc2ccccc2)O1. The van der Waals surface area contributed by atoms with Crippen LogP contribution in [-0.4, -0.2) is 18.7 Å². The molecule has 1 fully saturated rings. The van der Waals surface area contributed by atoms with Gasteiger partial charge in [-0.05, 0) is 25.0 Å². The second kappa shape index (κ2) is 6.83. The van der Waals surface area contributed by atoms with Crippen LogP contribution in [0.25, 0.3) is 0 Å². The number of alkyl carbamates (subject to hydrolysis) is 1. The Balaban J connectivity index is 1.65. The molecule has 4 nitrogen and oxygen atoms in total. The summed E-state index contributed by atoms with van der Waals surface area (Å²) in [4.78, 5) is 11.5. The average molecular weight is 261 g/mol. The van der Waals surface area contributed by atoms with Gasteiger partial charge in [0.15, 0.2) is 0 Å². The zero-order chi connectivity index (χ0) is 13.5. The van der Waals surface area contributed by atoms with Crippen LogP contribution < -0.4 is 5.32 Å². The predicted octanol–water partition coefficient (Wildman–Crippen LogP) is 3.00. The van der Waals surface area contributed by atoms with Gasteiger partial charge in [-0.15, -0.1) is 0 Å². The molecule has 1 unspecified atom stereocenters. The van der Waals surface area contributed by atoms with Crippen molar-refractivity contribution in [1.82, 2.24) is 5.32 Å². The van der Waals surface area contributed by atoms with Crippen LogP contribution in [0.1, 0.15) is 25.3 Å². The number of nitrogens with one attached hydrogen (secondary N) is 1. The molecule has 1 aromatic carbocycles. The predicted molar refractivity (Wildman–Crippen MR) is 72.5 cm³/mol. The van der Waals surface area contributed by atoms with E-state index >= 15 is 0 Å². The fourth-order valence-electron chi connectivity index (χ4n) is 1.96. The fraction of sp³-hybridized carbons (Fsp3) is 0.400. The molecule has 1 saturated heterocycles.